The quantitative estimate of drug-likeness (QED) is 0.691. The van der Waals surface area contributed by atoms with Crippen molar-refractivity contribution in [1.82, 2.24) is 0 Å². The lowest BCUT2D eigenvalue weighted by Crippen LogP contribution is -1.83. The molecule has 0 radical (unpaired) electrons. The topological polar surface area (TPSA) is 23.8 Å². The van der Waals surface area contributed by atoms with E-state index in [2.05, 4.69) is 38.1 Å². The molecule has 0 fully saturated rings. The number of benzene rings is 1. The first-order valence-electron chi connectivity index (χ1n) is 4.57. The Hall–Kier alpha value is -1.33. The molecule has 0 saturated heterocycles. The van der Waals surface area contributed by atoms with Gasteiger partial charge in [0.15, 0.2) is 0 Å². The summed E-state index contributed by atoms with van der Waals surface area (Å²) in [6, 6.07) is 8.70. The second-order valence-corrected chi connectivity index (χ2v) is 4.79. The Labute approximate surface area is 87.6 Å². The number of hydrogen-bond acceptors (Lipinski definition) is 2. The SMILES string of the molecule is Cc1cc(CC#N)c2sc(C)cc2c1. The van der Waals surface area contributed by atoms with Crippen molar-refractivity contribution in [2.45, 2.75) is 20.3 Å². The highest BCUT2D eigenvalue weighted by Gasteiger charge is 2.05. The molecule has 0 aliphatic carbocycles. The molecule has 2 rings (SSSR count). The second-order valence-electron chi connectivity index (χ2n) is 3.53. The van der Waals surface area contributed by atoms with E-state index in [0.717, 1.165) is 0 Å². The highest BCUT2D eigenvalue weighted by molar-refractivity contribution is 7.19. The van der Waals surface area contributed by atoms with Crippen LogP contribution in [0.4, 0.5) is 0 Å². The van der Waals surface area contributed by atoms with Crippen molar-refractivity contribution >= 4 is 21.4 Å². The van der Waals surface area contributed by atoms with Gasteiger partial charge in [-0.1, -0.05) is 17.7 Å². The van der Waals surface area contributed by atoms with Crippen LogP contribution in [0, 0.1) is 25.2 Å². The van der Waals surface area contributed by atoms with E-state index in [-0.39, 0.29) is 0 Å². The van der Waals surface area contributed by atoms with Crippen LogP contribution in [0.5, 0.6) is 0 Å². The smallest absolute Gasteiger partial charge is 0.0670 e. The molecule has 0 atom stereocenters. The molecule has 0 aliphatic heterocycles. The van der Waals surface area contributed by atoms with Crippen LogP contribution in [0.1, 0.15) is 16.0 Å². The number of nitriles is 1. The van der Waals surface area contributed by atoms with Gasteiger partial charge in [-0.3, -0.25) is 0 Å². The minimum absolute atomic E-state index is 0.512. The lowest BCUT2D eigenvalue weighted by molar-refractivity contribution is 1.28. The van der Waals surface area contributed by atoms with E-state index in [1.807, 2.05) is 0 Å². The molecular formula is C12H11NS. The molecule has 0 saturated carbocycles. The highest BCUT2D eigenvalue weighted by Crippen LogP contribution is 2.29. The first-order valence-corrected chi connectivity index (χ1v) is 5.39. The van der Waals surface area contributed by atoms with Crippen LogP contribution >= 0.6 is 11.3 Å². The van der Waals surface area contributed by atoms with Crippen LogP contribution in [0.15, 0.2) is 18.2 Å². The Kier molecular flexibility index (Phi) is 2.26. The van der Waals surface area contributed by atoms with Gasteiger partial charge in [0.05, 0.1) is 12.5 Å². The third-order valence-corrected chi connectivity index (χ3v) is 3.37. The van der Waals surface area contributed by atoms with Crippen molar-refractivity contribution in [3.05, 3.63) is 34.2 Å². The molecule has 0 unspecified atom stereocenters. The number of nitrogens with zero attached hydrogens (tertiary/aromatic N) is 1. The molecule has 1 aromatic carbocycles. The summed E-state index contributed by atoms with van der Waals surface area (Å²) in [6.45, 7) is 4.18. The fourth-order valence-corrected chi connectivity index (χ4v) is 2.74. The first kappa shape index (κ1) is 9.23. The summed E-state index contributed by atoms with van der Waals surface area (Å²) in [4.78, 5) is 1.31. The van der Waals surface area contributed by atoms with Gasteiger partial charge in [-0.15, -0.1) is 11.3 Å². The van der Waals surface area contributed by atoms with Gasteiger partial charge in [-0.2, -0.15) is 5.26 Å². The fourth-order valence-electron chi connectivity index (χ4n) is 1.74. The number of fused-ring (bicyclic) bond motifs is 1. The lowest BCUT2D eigenvalue weighted by Gasteiger charge is -1.99. The largest absolute Gasteiger partial charge is 0.198 e. The summed E-state index contributed by atoms with van der Waals surface area (Å²) in [5.74, 6) is 0. The third-order valence-electron chi connectivity index (χ3n) is 2.23. The molecule has 1 aromatic heterocycles. The number of thiophene rings is 1. The first-order chi connectivity index (χ1) is 6.70. The Morgan fingerprint density at radius 1 is 1.29 bits per heavy atom. The van der Waals surface area contributed by atoms with Crippen LogP contribution in [-0.4, -0.2) is 0 Å². The highest BCUT2D eigenvalue weighted by atomic mass is 32.1. The Balaban J connectivity index is 2.74. The van der Waals surface area contributed by atoms with Gasteiger partial charge in [0.2, 0.25) is 0 Å². The Morgan fingerprint density at radius 3 is 2.79 bits per heavy atom. The minimum atomic E-state index is 0.512. The zero-order valence-corrected chi connectivity index (χ0v) is 9.11. The third kappa shape index (κ3) is 1.51. The van der Waals surface area contributed by atoms with Crippen molar-refractivity contribution in [2.75, 3.05) is 0 Å². The minimum Gasteiger partial charge on any atom is -0.198 e. The van der Waals surface area contributed by atoms with Crippen molar-refractivity contribution in [3.63, 3.8) is 0 Å². The molecule has 2 heteroatoms. The van der Waals surface area contributed by atoms with Crippen LogP contribution < -0.4 is 0 Å². The van der Waals surface area contributed by atoms with Crippen LogP contribution in [0.25, 0.3) is 10.1 Å². The summed E-state index contributed by atoms with van der Waals surface area (Å²) in [6.07, 6.45) is 0.512. The van der Waals surface area contributed by atoms with Crippen LogP contribution in [-0.2, 0) is 6.42 Å². The average Bonchev–Trinajstić information content (AvgIpc) is 2.45. The predicted molar refractivity (Wildman–Crippen MR) is 60.6 cm³/mol. The molecule has 70 valence electrons. The number of hydrogen-bond donors (Lipinski definition) is 0. The lowest BCUT2D eigenvalue weighted by atomic mass is 10.1. The van der Waals surface area contributed by atoms with E-state index < -0.39 is 0 Å². The molecule has 1 heterocycles. The Morgan fingerprint density at radius 2 is 2.07 bits per heavy atom. The maximum atomic E-state index is 8.73. The normalized spacial score (nSPS) is 10.4. The van der Waals surface area contributed by atoms with Gasteiger partial charge in [-0.05, 0) is 30.9 Å². The summed E-state index contributed by atoms with van der Waals surface area (Å²) in [5.41, 5.74) is 2.40. The molecule has 0 bridgehead atoms. The van der Waals surface area contributed by atoms with Gasteiger partial charge in [-0.25, -0.2) is 0 Å². The second kappa shape index (κ2) is 3.43. The van der Waals surface area contributed by atoms with Gasteiger partial charge >= 0.3 is 0 Å². The molecule has 0 aliphatic rings. The molecule has 0 N–H and O–H groups in total. The number of rotatable bonds is 1. The Bertz CT molecular complexity index is 517. The van der Waals surface area contributed by atoms with E-state index in [0.29, 0.717) is 6.42 Å². The molecule has 1 nitrogen and oxygen atoms in total. The van der Waals surface area contributed by atoms with Gasteiger partial charge in [0.25, 0.3) is 0 Å². The summed E-state index contributed by atoms with van der Waals surface area (Å²) in [5, 5.41) is 10.0. The van der Waals surface area contributed by atoms with E-state index in [9.17, 15) is 0 Å². The maximum absolute atomic E-state index is 8.73. The number of aryl methyl sites for hydroxylation is 2. The summed E-state index contributed by atoms with van der Waals surface area (Å²) in [7, 11) is 0. The van der Waals surface area contributed by atoms with Crippen LogP contribution in [0.3, 0.4) is 0 Å². The molecule has 2 aromatic rings. The van der Waals surface area contributed by atoms with Crippen molar-refractivity contribution in [2.24, 2.45) is 0 Å². The standard InChI is InChI=1S/C12H11NS/c1-8-5-10(3-4-13)12-11(6-8)7-9(2)14-12/h5-7H,3H2,1-2H3. The zero-order chi connectivity index (χ0) is 10.1. The summed E-state index contributed by atoms with van der Waals surface area (Å²) < 4.78 is 1.27. The van der Waals surface area contributed by atoms with Gasteiger partial charge in [0, 0.05) is 9.58 Å². The predicted octanol–water partition coefficient (Wildman–Crippen LogP) is 3.58. The monoisotopic (exact) mass is 201 g/mol. The van der Waals surface area contributed by atoms with Crippen molar-refractivity contribution in [1.29, 1.82) is 5.26 Å². The average molecular weight is 201 g/mol. The van der Waals surface area contributed by atoms with Crippen molar-refractivity contribution < 1.29 is 0 Å². The maximum Gasteiger partial charge on any atom is 0.0670 e. The van der Waals surface area contributed by atoms with E-state index >= 15 is 0 Å². The van der Waals surface area contributed by atoms with E-state index in [1.165, 1.54) is 26.1 Å². The summed E-state index contributed by atoms with van der Waals surface area (Å²) >= 11 is 1.78. The zero-order valence-electron chi connectivity index (χ0n) is 8.29. The molecule has 0 spiro atoms. The molecule has 14 heavy (non-hydrogen) atoms. The van der Waals surface area contributed by atoms with Gasteiger partial charge < -0.3 is 0 Å². The molecular weight excluding hydrogens is 190 g/mol. The van der Waals surface area contributed by atoms with Crippen LogP contribution in [0.2, 0.25) is 0 Å². The molecule has 0 amide bonds. The van der Waals surface area contributed by atoms with Crippen molar-refractivity contribution in [3.8, 4) is 6.07 Å². The van der Waals surface area contributed by atoms with Gasteiger partial charge in [0.1, 0.15) is 0 Å². The fraction of sp³-hybridized carbons (Fsp3) is 0.250. The van der Waals surface area contributed by atoms with E-state index in [1.54, 1.807) is 11.3 Å². The van der Waals surface area contributed by atoms with E-state index in [4.69, 9.17) is 5.26 Å².